The minimum Gasteiger partial charge on any atom is -0.479 e. The van der Waals surface area contributed by atoms with Gasteiger partial charge in [-0.15, -0.1) is 0 Å². The Balaban J connectivity index is 3.90. The maximum Gasteiger partial charge on any atom is 0.341 e. The van der Waals surface area contributed by atoms with Gasteiger partial charge in [-0.2, -0.15) is 0 Å². The molecular weight excluding hydrogens is 346 g/mol. The zero-order valence-electron chi connectivity index (χ0n) is 17.0. The van der Waals surface area contributed by atoms with Gasteiger partial charge >= 0.3 is 11.9 Å². The van der Waals surface area contributed by atoms with Crippen LogP contribution in [0.1, 0.15) is 97.3 Å². The third-order valence-electron chi connectivity index (χ3n) is 4.68. The van der Waals surface area contributed by atoms with Crippen LogP contribution in [0.15, 0.2) is 12.2 Å². The van der Waals surface area contributed by atoms with E-state index < -0.39 is 23.4 Å². The molecule has 0 aromatic heterocycles. The van der Waals surface area contributed by atoms with Gasteiger partial charge in [0.2, 0.25) is 11.4 Å². The van der Waals surface area contributed by atoms with Crippen LogP contribution in [0.4, 0.5) is 0 Å². The van der Waals surface area contributed by atoms with E-state index in [1.54, 1.807) is 6.08 Å². The van der Waals surface area contributed by atoms with Crippen molar-refractivity contribution in [3.05, 3.63) is 12.2 Å². The fourth-order valence-electron chi connectivity index (χ4n) is 3.03. The van der Waals surface area contributed by atoms with E-state index in [-0.39, 0.29) is 6.42 Å². The number of hydrogen-bond donors (Lipinski definition) is 3. The second-order valence-corrected chi connectivity index (χ2v) is 7.20. The summed E-state index contributed by atoms with van der Waals surface area (Å²) in [4.78, 5) is 33.8. The molecule has 0 aromatic rings. The molecule has 0 saturated heterocycles. The summed E-state index contributed by atoms with van der Waals surface area (Å²) in [7, 11) is 0. The number of carboxylic acid groups (broad SMARTS) is 2. The molecule has 0 bridgehead atoms. The minimum absolute atomic E-state index is 0.269. The lowest BCUT2D eigenvalue weighted by molar-refractivity contribution is -0.160. The maximum atomic E-state index is 11.3. The van der Waals surface area contributed by atoms with E-state index in [1.807, 2.05) is 5.32 Å². The van der Waals surface area contributed by atoms with Gasteiger partial charge in [0.1, 0.15) is 0 Å². The molecule has 0 saturated carbocycles. The predicted octanol–water partition coefficient (Wildman–Crippen LogP) is 4.68. The number of allylic oxidation sites excluding steroid dienone is 1. The number of unbranched alkanes of at least 4 members (excludes halogenated alkanes) is 11. The van der Waals surface area contributed by atoms with E-state index in [9.17, 15) is 24.6 Å². The van der Waals surface area contributed by atoms with Crippen molar-refractivity contribution in [2.24, 2.45) is 0 Å². The summed E-state index contributed by atoms with van der Waals surface area (Å²) in [6.45, 7) is 3.34. The van der Waals surface area contributed by atoms with Crippen LogP contribution in [0.5, 0.6) is 0 Å². The van der Waals surface area contributed by atoms with Gasteiger partial charge in [0.15, 0.2) is 0 Å². The zero-order chi connectivity index (χ0) is 20.5. The number of aliphatic carboxylic acids is 2. The Morgan fingerprint density at radius 1 is 0.778 bits per heavy atom. The molecule has 1 amide bonds. The average molecular weight is 384 g/mol. The predicted molar refractivity (Wildman–Crippen MR) is 107 cm³/mol. The summed E-state index contributed by atoms with van der Waals surface area (Å²) in [6, 6.07) is 0. The molecule has 0 aromatic carbocycles. The summed E-state index contributed by atoms with van der Waals surface area (Å²) in [5, 5.41) is 20.5. The number of carbonyl (C=O) groups excluding carboxylic acids is 1. The van der Waals surface area contributed by atoms with E-state index in [0.29, 0.717) is 0 Å². The van der Waals surface area contributed by atoms with E-state index >= 15 is 0 Å². The second kappa shape index (κ2) is 15.2. The van der Waals surface area contributed by atoms with Crippen LogP contribution in [0.3, 0.4) is 0 Å². The minimum atomic E-state index is -2.29. The highest BCUT2D eigenvalue weighted by Gasteiger charge is 2.46. The molecule has 156 valence electrons. The number of carboxylic acids is 2. The maximum absolute atomic E-state index is 11.3. The highest BCUT2D eigenvalue weighted by molar-refractivity contribution is 6.06. The molecule has 6 nitrogen and oxygen atoms in total. The number of nitrogens with one attached hydrogen (secondary N) is 1. The first kappa shape index (κ1) is 25.1. The fourth-order valence-corrected chi connectivity index (χ4v) is 3.03. The summed E-state index contributed by atoms with van der Waals surface area (Å²) >= 11 is 0. The quantitative estimate of drug-likeness (QED) is 0.192. The molecule has 6 heteroatoms. The van der Waals surface area contributed by atoms with Crippen LogP contribution in [0.2, 0.25) is 0 Å². The van der Waals surface area contributed by atoms with Crippen molar-refractivity contribution in [1.29, 1.82) is 0 Å². The van der Waals surface area contributed by atoms with Gasteiger partial charge in [0.05, 0.1) is 0 Å². The topological polar surface area (TPSA) is 104 Å². The van der Waals surface area contributed by atoms with Crippen molar-refractivity contribution in [3.8, 4) is 0 Å². The van der Waals surface area contributed by atoms with Crippen LogP contribution in [0.25, 0.3) is 0 Å². The average Bonchev–Trinajstić information content (AvgIpc) is 2.60. The third kappa shape index (κ3) is 11.5. The molecular formula is C21H37NO5. The Kier molecular flexibility index (Phi) is 14.2. The molecule has 0 aliphatic carbocycles. The molecule has 0 spiro atoms. The molecule has 0 rings (SSSR count). The Morgan fingerprint density at radius 3 is 1.63 bits per heavy atom. The van der Waals surface area contributed by atoms with E-state index in [0.717, 1.165) is 26.2 Å². The Bertz CT molecular complexity index is 459. The van der Waals surface area contributed by atoms with Gasteiger partial charge < -0.3 is 15.5 Å². The Labute approximate surface area is 163 Å². The molecule has 0 heterocycles. The zero-order valence-corrected chi connectivity index (χ0v) is 17.0. The molecule has 0 fully saturated rings. The van der Waals surface area contributed by atoms with Gasteiger partial charge in [-0.05, 0) is 12.8 Å². The molecule has 27 heavy (non-hydrogen) atoms. The molecule has 0 aliphatic rings. The Morgan fingerprint density at radius 2 is 1.22 bits per heavy atom. The van der Waals surface area contributed by atoms with Crippen LogP contribution < -0.4 is 5.32 Å². The van der Waals surface area contributed by atoms with E-state index in [2.05, 4.69) is 6.92 Å². The normalized spacial score (nSPS) is 11.6. The van der Waals surface area contributed by atoms with Gasteiger partial charge in [-0.3, -0.25) is 4.79 Å². The van der Waals surface area contributed by atoms with Crippen molar-refractivity contribution in [2.45, 2.75) is 103 Å². The first-order valence-corrected chi connectivity index (χ1v) is 10.3. The summed E-state index contributed by atoms with van der Waals surface area (Å²) in [5.74, 6) is -3.81. The van der Waals surface area contributed by atoms with Gasteiger partial charge in [-0.25, -0.2) is 9.59 Å². The first-order chi connectivity index (χ1) is 12.9. The first-order valence-electron chi connectivity index (χ1n) is 10.3. The Hall–Kier alpha value is -1.85. The number of rotatable bonds is 17. The molecule has 0 atom stereocenters. The van der Waals surface area contributed by atoms with Crippen molar-refractivity contribution < 1.29 is 24.6 Å². The monoisotopic (exact) mass is 383 g/mol. The molecule has 0 unspecified atom stereocenters. The van der Waals surface area contributed by atoms with Gasteiger partial charge in [0.25, 0.3) is 0 Å². The van der Waals surface area contributed by atoms with Gasteiger partial charge in [0, 0.05) is 13.3 Å². The van der Waals surface area contributed by atoms with Gasteiger partial charge in [-0.1, -0.05) is 83.3 Å². The molecule has 3 N–H and O–H groups in total. The van der Waals surface area contributed by atoms with Crippen molar-refractivity contribution in [3.63, 3.8) is 0 Å². The summed E-state index contributed by atoms with van der Waals surface area (Å²) in [5.41, 5.74) is -2.29. The van der Waals surface area contributed by atoms with Crippen LogP contribution in [-0.4, -0.2) is 33.6 Å². The number of hydrogen-bond acceptors (Lipinski definition) is 3. The fraction of sp³-hybridized carbons (Fsp3) is 0.762. The van der Waals surface area contributed by atoms with E-state index in [1.165, 1.54) is 63.9 Å². The standard InChI is InChI=1S/C21H37NO5/c1-3-4-5-6-7-8-9-10-11-12-13-14-15-16-17-21(19(24)25,20(26)27)22-18(2)23/h15-16H,3-14,17H2,1-2H3,(H,22,23)(H,24,25)(H,26,27). The third-order valence-corrected chi connectivity index (χ3v) is 4.68. The van der Waals surface area contributed by atoms with Crippen LogP contribution >= 0.6 is 0 Å². The SMILES string of the molecule is CCCCCCCCCCCCCC=CCC(NC(C)=O)(C(=O)O)C(=O)O. The number of carbonyl (C=O) groups is 3. The van der Waals surface area contributed by atoms with Crippen LogP contribution in [-0.2, 0) is 14.4 Å². The largest absolute Gasteiger partial charge is 0.479 e. The molecule has 0 radical (unpaired) electrons. The van der Waals surface area contributed by atoms with Crippen molar-refractivity contribution in [1.82, 2.24) is 5.32 Å². The van der Waals surface area contributed by atoms with Crippen molar-refractivity contribution >= 4 is 17.8 Å². The van der Waals surface area contributed by atoms with Crippen LogP contribution in [0, 0.1) is 0 Å². The summed E-state index contributed by atoms with van der Waals surface area (Å²) < 4.78 is 0. The smallest absolute Gasteiger partial charge is 0.341 e. The highest BCUT2D eigenvalue weighted by Crippen LogP contribution is 2.15. The van der Waals surface area contributed by atoms with E-state index in [4.69, 9.17) is 0 Å². The second-order valence-electron chi connectivity index (χ2n) is 7.20. The number of amides is 1. The van der Waals surface area contributed by atoms with Crippen molar-refractivity contribution in [2.75, 3.05) is 0 Å². The summed E-state index contributed by atoms with van der Waals surface area (Å²) in [6.07, 6.45) is 17.7. The lowest BCUT2D eigenvalue weighted by Crippen LogP contribution is -2.59. The molecule has 0 aliphatic heterocycles. The highest BCUT2D eigenvalue weighted by atomic mass is 16.4. The lowest BCUT2D eigenvalue weighted by Gasteiger charge is -2.24. The lowest BCUT2D eigenvalue weighted by atomic mass is 9.94.